The lowest BCUT2D eigenvalue weighted by molar-refractivity contribution is 0.265. The molecule has 0 spiro atoms. The molecule has 0 saturated heterocycles. The second kappa shape index (κ2) is 3.45. The fraction of sp³-hybridized carbons (Fsp3) is 0.222. The van der Waals surface area contributed by atoms with E-state index in [1.54, 1.807) is 12.3 Å². The first-order valence-corrected chi connectivity index (χ1v) is 3.96. The molecule has 0 aromatic carbocycles. The third-order valence-electron chi connectivity index (χ3n) is 1.70. The highest BCUT2D eigenvalue weighted by atomic mass is 16.5. The van der Waals surface area contributed by atoms with E-state index in [9.17, 15) is 0 Å². The zero-order valence-electron chi connectivity index (χ0n) is 6.93. The molecule has 2 aromatic rings. The first kappa shape index (κ1) is 8.07. The molecule has 4 heteroatoms. The average molecular weight is 179 g/mol. The van der Waals surface area contributed by atoms with Gasteiger partial charge in [0.15, 0.2) is 0 Å². The van der Waals surface area contributed by atoms with Crippen LogP contribution in [0.4, 0.5) is 0 Å². The van der Waals surface area contributed by atoms with E-state index in [1.807, 2.05) is 12.1 Å². The monoisotopic (exact) mass is 179 g/mol. The van der Waals surface area contributed by atoms with Crippen molar-refractivity contribution < 1.29 is 14.0 Å². The summed E-state index contributed by atoms with van der Waals surface area (Å²) in [6.07, 6.45) is 2.18. The van der Waals surface area contributed by atoms with Gasteiger partial charge in [0.2, 0.25) is 0 Å². The van der Waals surface area contributed by atoms with E-state index < -0.39 is 0 Å². The molecule has 13 heavy (non-hydrogen) atoms. The third-order valence-corrected chi connectivity index (χ3v) is 1.70. The van der Waals surface area contributed by atoms with Crippen LogP contribution >= 0.6 is 0 Å². The van der Waals surface area contributed by atoms with E-state index in [4.69, 9.17) is 14.0 Å². The topological polar surface area (TPSA) is 59.4 Å². The molecule has 1 N–H and O–H groups in total. The molecule has 68 valence electrons. The number of hydrogen-bond acceptors (Lipinski definition) is 4. The van der Waals surface area contributed by atoms with Crippen LogP contribution in [-0.2, 0) is 13.0 Å². The van der Waals surface area contributed by atoms with Crippen LogP contribution in [0.1, 0.15) is 17.2 Å². The Balaban J connectivity index is 2.10. The summed E-state index contributed by atoms with van der Waals surface area (Å²) in [6.45, 7) is -0.0956. The van der Waals surface area contributed by atoms with Gasteiger partial charge in [-0.15, -0.1) is 0 Å². The molecule has 0 bridgehead atoms. The number of aromatic nitrogens is 1. The summed E-state index contributed by atoms with van der Waals surface area (Å²) >= 11 is 0. The minimum atomic E-state index is -0.0956. The van der Waals surface area contributed by atoms with Gasteiger partial charge in [-0.3, -0.25) is 0 Å². The van der Waals surface area contributed by atoms with Crippen LogP contribution in [0.2, 0.25) is 0 Å². The number of nitrogens with zero attached hydrogens (tertiary/aromatic N) is 1. The largest absolute Gasteiger partial charge is 0.469 e. The average Bonchev–Trinajstić information content (AvgIpc) is 2.76. The molecule has 2 aromatic heterocycles. The van der Waals surface area contributed by atoms with Crippen LogP contribution < -0.4 is 0 Å². The zero-order valence-corrected chi connectivity index (χ0v) is 6.93. The fourth-order valence-electron chi connectivity index (χ4n) is 1.10. The molecule has 0 aliphatic heterocycles. The summed E-state index contributed by atoms with van der Waals surface area (Å²) in [5.41, 5.74) is 0.543. The summed E-state index contributed by atoms with van der Waals surface area (Å²) in [4.78, 5) is 0. The number of rotatable bonds is 3. The van der Waals surface area contributed by atoms with Crippen molar-refractivity contribution >= 4 is 0 Å². The van der Waals surface area contributed by atoms with Gasteiger partial charge >= 0.3 is 0 Å². The Labute approximate surface area is 74.8 Å². The Hall–Kier alpha value is -1.55. The van der Waals surface area contributed by atoms with Gasteiger partial charge < -0.3 is 14.0 Å². The van der Waals surface area contributed by atoms with Crippen LogP contribution in [0.3, 0.4) is 0 Å². The Bertz CT molecular complexity index is 364. The highest BCUT2D eigenvalue weighted by Gasteiger charge is 2.05. The van der Waals surface area contributed by atoms with Crippen LogP contribution in [0.25, 0.3) is 0 Å². The Morgan fingerprint density at radius 3 is 2.92 bits per heavy atom. The van der Waals surface area contributed by atoms with Crippen LogP contribution in [-0.4, -0.2) is 10.3 Å². The minimum absolute atomic E-state index is 0.0956. The zero-order chi connectivity index (χ0) is 9.10. The van der Waals surface area contributed by atoms with E-state index in [0.29, 0.717) is 17.9 Å². The molecule has 4 nitrogen and oxygen atoms in total. The molecule has 0 radical (unpaired) electrons. The maximum Gasteiger partial charge on any atom is 0.144 e. The molecular weight excluding hydrogens is 170 g/mol. The smallest absolute Gasteiger partial charge is 0.144 e. The number of aliphatic hydroxyl groups is 1. The highest BCUT2D eigenvalue weighted by Crippen LogP contribution is 2.10. The van der Waals surface area contributed by atoms with E-state index in [1.165, 1.54) is 0 Å². The lowest BCUT2D eigenvalue weighted by atomic mass is 10.2. The molecule has 0 aliphatic rings. The second-order valence-electron chi connectivity index (χ2n) is 2.70. The quantitative estimate of drug-likeness (QED) is 0.772. The van der Waals surface area contributed by atoms with Gasteiger partial charge in [-0.1, -0.05) is 5.16 Å². The molecule has 0 atom stereocenters. The summed E-state index contributed by atoms with van der Waals surface area (Å²) in [6, 6.07) is 5.39. The van der Waals surface area contributed by atoms with Crippen molar-refractivity contribution in [3.05, 3.63) is 41.7 Å². The summed E-state index contributed by atoms with van der Waals surface area (Å²) in [5, 5.41) is 12.4. The van der Waals surface area contributed by atoms with E-state index >= 15 is 0 Å². The third kappa shape index (κ3) is 1.78. The number of furan rings is 1. The van der Waals surface area contributed by atoms with E-state index in [-0.39, 0.29) is 6.61 Å². The first-order valence-electron chi connectivity index (χ1n) is 3.96. The second-order valence-corrected chi connectivity index (χ2v) is 2.70. The predicted molar refractivity (Wildman–Crippen MR) is 43.9 cm³/mol. The van der Waals surface area contributed by atoms with Crippen molar-refractivity contribution in [2.45, 2.75) is 13.0 Å². The lowest BCUT2D eigenvalue weighted by Gasteiger charge is -1.88. The maximum atomic E-state index is 8.73. The molecule has 0 amide bonds. The van der Waals surface area contributed by atoms with Crippen molar-refractivity contribution in [2.75, 3.05) is 0 Å². The van der Waals surface area contributed by atoms with Gasteiger partial charge in [0.25, 0.3) is 0 Å². The summed E-state index contributed by atoms with van der Waals surface area (Å²) < 4.78 is 10.1. The predicted octanol–water partition coefficient (Wildman–Crippen LogP) is 1.35. The molecular formula is C9H9NO3. The van der Waals surface area contributed by atoms with Crippen molar-refractivity contribution in [3.8, 4) is 0 Å². The van der Waals surface area contributed by atoms with Gasteiger partial charge in [-0.05, 0) is 12.1 Å². The molecule has 0 fully saturated rings. The normalized spacial score (nSPS) is 10.5. The molecule has 0 saturated carbocycles. The van der Waals surface area contributed by atoms with Crippen LogP contribution in [0.15, 0.2) is 33.4 Å². The Morgan fingerprint density at radius 2 is 2.31 bits per heavy atom. The SMILES string of the molecule is OCc1cc(Cc2ccco2)on1. The molecule has 0 unspecified atom stereocenters. The standard InChI is InChI=1S/C9H9NO3/c11-6-7-4-9(13-10-7)5-8-2-1-3-12-8/h1-4,11H,5-6H2. The van der Waals surface area contributed by atoms with Gasteiger partial charge in [-0.25, -0.2) is 0 Å². The number of hydrogen-bond donors (Lipinski definition) is 1. The van der Waals surface area contributed by atoms with Crippen molar-refractivity contribution in [1.82, 2.24) is 5.16 Å². The highest BCUT2D eigenvalue weighted by molar-refractivity contribution is 5.12. The Morgan fingerprint density at radius 1 is 1.38 bits per heavy atom. The van der Waals surface area contributed by atoms with Crippen molar-refractivity contribution in [1.29, 1.82) is 0 Å². The van der Waals surface area contributed by atoms with Crippen molar-refractivity contribution in [2.24, 2.45) is 0 Å². The van der Waals surface area contributed by atoms with Gasteiger partial charge in [0.1, 0.15) is 17.2 Å². The molecule has 2 rings (SSSR count). The van der Waals surface area contributed by atoms with E-state index in [2.05, 4.69) is 5.16 Å². The first-order chi connectivity index (χ1) is 6.38. The van der Waals surface area contributed by atoms with Crippen LogP contribution in [0.5, 0.6) is 0 Å². The summed E-state index contributed by atoms with van der Waals surface area (Å²) in [5.74, 6) is 1.51. The maximum absolute atomic E-state index is 8.73. The molecule has 2 heterocycles. The number of aliphatic hydroxyl groups excluding tert-OH is 1. The van der Waals surface area contributed by atoms with E-state index in [0.717, 1.165) is 5.76 Å². The Kier molecular flexibility index (Phi) is 2.14. The molecule has 0 aliphatic carbocycles. The minimum Gasteiger partial charge on any atom is -0.469 e. The fourth-order valence-corrected chi connectivity index (χ4v) is 1.10. The van der Waals surface area contributed by atoms with Gasteiger partial charge in [-0.2, -0.15) is 0 Å². The van der Waals surface area contributed by atoms with Gasteiger partial charge in [0, 0.05) is 6.07 Å². The van der Waals surface area contributed by atoms with Crippen molar-refractivity contribution in [3.63, 3.8) is 0 Å². The summed E-state index contributed by atoms with van der Waals surface area (Å²) in [7, 11) is 0. The van der Waals surface area contributed by atoms with Gasteiger partial charge in [0.05, 0.1) is 19.3 Å². The van der Waals surface area contributed by atoms with Crippen LogP contribution in [0, 0.1) is 0 Å². The lowest BCUT2D eigenvalue weighted by Crippen LogP contribution is -1.81.